The second kappa shape index (κ2) is 4.73. The van der Waals surface area contributed by atoms with Crippen LogP contribution in [0.3, 0.4) is 0 Å². The van der Waals surface area contributed by atoms with E-state index in [0.29, 0.717) is 12.2 Å². The zero-order valence-electron chi connectivity index (χ0n) is 10.8. The van der Waals surface area contributed by atoms with E-state index in [9.17, 15) is 4.79 Å². The molecule has 0 radical (unpaired) electrons. The highest BCUT2D eigenvalue weighted by molar-refractivity contribution is 5.50. The lowest BCUT2D eigenvalue weighted by Gasteiger charge is -2.07. The number of aryl methyl sites for hydroxylation is 1. The van der Waals surface area contributed by atoms with Crippen molar-refractivity contribution in [3.8, 4) is 11.5 Å². The van der Waals surface area contributed by atoms with Crippen molar-refractivity contribution in [3.05, 3.63) is 33.9 Å². The van der Waals surface area contributed by atoms with E-state index < -0.39 is 0 Å². The van der Waals surface area contributed by atoms with Gasteiger partial charge in [-0.2, -0.15) is 0 Å². The SMILES string of the molecule is CCC(N)c1nnc(-c2ccc(C)n2C)[nH]c1=O. The molecule has 0 aromatic carbocycles. The summed E-state index contributed by atoms with van der Waals surface area (Å²) < 4.78 is 1.94. The molecule has 2 aromatic heterocycles. The van der Waals surface area contributed by atoms with Crippen LogP contribution in [-0.2, 0) is 7.05 Å². The fourth-order valence-corrected chi connectivity index (χ4v) is 1.75. The van der Waals surface area contributed by atoms with E-state index >= 15 is 0 Å². The fourth-order valence-electron chi connectivity index (χ4n) is 1.75. The number of hydrogen-bond donors (Lipinski definition) is 2. The molecule has 0 saturated carbocycles. The molecule has 0 aliphatic carbocycles. The lowest BCUT2D eigenvalue weighted by atomic mass is 10.2. The number of aromatic amines is 1. The molecular weight excluding hydrogens is 230 g/mol. The average Bonchev–Trinajstić information content (AvgIpc) is 2.69. The van der Waals surface area contributed by atoms with Gasteiger partial charge in [-0.05, 0) is 25.5 Å². The van der Waals surface area contributed by atoms with Crippen molar-refractivity contribution in [2.24, 2.45) is 12.8 Å². The van der Waals surface area contributed by atoms with E-state index in [4.69, 9.17) is 5.73 Å². The summed E-state index contributed by atoms with van der Waals surface area (Å²) in [6.07, 6.45) is 0.653. The minimum absolute atomic E-state index is 0.270. The number of H-pyrrole nitrogens is 1. The number of aromatic nitrogens is 4. The monoisotopic (exact) mass is 247 g/mol. The first kappa shape index (κ1) is 12.5. The molecule has 0 bridgehead atoms. The van der Waals surface area contributed by atoms with Crippen LogP contribution in [0.25, 0.3) is 11.5 Å². The predicted molar refractivity (Wildman–Crippen MR) is 69.0 cm³/mol. The highest BCUT2D eigenvalue weighted by Gasteiger charge is 2.13. The third-order valence-corrected chi connectivity index (χ3v) is 3.13. The van der Waals surface area contributed by atoms with Gasteiger partial charge in [0.2, 0.25) is 0 Å². The standard InChI is InChI=1S/C12H17N5O/c1-4-8(13)10-12(18)14-11(16-15-10)9-6-5-7(2)17(9)3/h5-6,8H,4,13H2,1-3H3,(H,14,16,18). The predicted octanol–water partition coefficient (Wildman–Crippen LogP) is 0.889. The first-order chi connectivity index (χ1) is 8.54. The van der Waals surface area contributed by atoms with E-state index in [-0.39, 0.29) is 17.3 Å². The van der Waals surface area contributed by atoms with Gasteiger partial charge in [0.1, 0.15) is 5.69 Å². The molecule has 0 fully saturated rings. The molecule has 96 valence electrons. The van der Waals surface area contributed by atoms with Gasteiger partial charge in [0.25, 0.3) is 5.56 Å². The van der Waals surface area contributed by atoms with Crippen molar-refractivity contribution in [2.45, 2.75) is 26.3 Å². The van der Waals surface area contributed by atoms with Crippen LogP contribution in [-0.4, -0.2) is 19.7 Å². The molecule has 2 heterocycles. The lowest BCUT2D eigenvalue weighted by molar-refractivity contribution is 0.644. The van der Waals surface area contributed by atoms with Gasteiger partial charge in [0.05, 0.1) is 11.7 Å². The van der Waals surface area contributed by atoms with E-state index in [1.807, 2.05) is 37.6 Å². The Hall–Kier alpha value is -1.95. The summed E-state index contributed by atoms with van der Waals surface area (Å²) in [7, 11) is 1.91. The zero-order valence-corrected chi connectivity index (χ0v) is 10.8. The number of nitrogens with zero attached hydrogens (tertiary/aromatic N) is 3. The molecule has 0 spiro atoms. The summed E-state index contributed by atoms with van der Waals surface area (Å²) in [6, 6.07) is 3.49. The van der Waals surface area contributed by atoms with Crippen molar-refractivity contribution >= 4 is 0 Å². The second-order valence-electron chi connectivity index (χ2n) is 4.32. The van der Waals surface area contributed by atoms with Crippen molar-refractivity contribution in [1.29, 1.82) is 0 Å². The molecular formula is C12H17N5O. The van der Waals surface area contributed by atoms with Gasteiger partial charge < -0.3 is 15.3 Å². The number of rotatable bonds is 3. The van der Waals surface area contributed by atoms with E-state index in [0.717, 1.165) is 11.4 Å². The van der Waals surface area contributed by atoms with E-state index in [1.165, 1.54) is 0 Å². The van der Waals surface area contributed by atoms with Crippen molar-refractivity contribution < 1.29 is 0 Å². The molecule has 3 N–H and O–H groups in total. The number of nitrogens with one attached hydrogen (secondary N) is 1. The van der Waals surface area contributed by atoms with Gasteiger partial charge in [-0.3, -0.25) is 4.79 Å². The van der Waals surface area contributed by atoms with Crippen LogP contribution in [0.1, 0.15) is 30.8 Å². The molecule has 0 aliphatic heterocycles. The van der Waals surface area contributed by atoms with Gasteiger partial charge in [0, 0.05) is 12.7 Å². The highest BCUT2D eigenvalue weighted by Crippen LogP contribution is 2.16. The second-order valence-corrected chi connectivity index (χ2v) is 4.32. The van der Waals surface area contributed by atoms with Crippen LogP contribution in [0.2, 0.25) is 0 Å². The van der Waals surface area contributed by atoms with Gasteiger partial charge >= 0.3 is 0 Å². The molecule has 6 nitrogen and oxygen atoms in total. The third-order valence-electron chi connectivity index (χ3n) is 3.13. The maximum Gasteiger partial charge on any atom is 0.274 e. The van der Waals surface area contributed by atoms with Crippen LogP contribution >= 0.6 is 0 Å². The summed E-state index contributed by atoms with van der Waals surface area (Å²) in [5, 5.41) is 7.99. The van der Waals surface area contributed by atoms with Crippen molar-refractivity contribution in [3.63, 3.8) is 0 Å². The summed E-state index contributed by atoms with van der Waals surface area (Å²) >= 11 is 0. The first-order valence-electron chi connectivity index (χ1n) is 5.89. The van der Waals surface area contributed by atoms with E-state index in [2.05, 4.69) is 15.2 Å². The largest absolute Gasteiger partial charge is 0.345 e. The average molecular weight is 247 g/mol. The molecule has 6 heteroatoms. The minimum Gasteiger partial charge on any atom is -0.345 e. The first-order valence-corrected chi connectivity index (χ1v) is 5.89. The topological polar surface area (TPSA) is 89.6 Å². The molecule has 0 amide bonds. The minimum atomic E-state index is -0.370. The Bertz CT molecular complexity index is 613. The van der Waals surface area contributed by atoms with Gasteiger partial charge in [-0.25, -0.2) is 0 Å². The molecule has 2 rings (SSSR count). The Morgan fingerprint density at radius 3 is 2.67 bits per heavy atom. The summed E-state index contributed by atoms with van der Waals surface area (Å²) in [5.41, 5.74) is 7.72. The fraction of sp³-hybridized carbons (Fsp3) is 0.417. The third kappa shape index (κ3) is 2.06. The van der Waals surface area contributed by atoms with Gasteiger partial charge in [0.15, 0.2) is 5.82 Å². The van der Waals surface area contributed by atoms with Crippen LogP contribution < -0.4 is 11.3 Å². The Labute approximate surface area is 105 Å². The Morgan fingerprint density at radius 2 is 2.17 bits per heavy atom. The Morgan fingerprint density at radius 1 is 1.44 bits per heavy atom. The molecule has 1 unspecified atom stereocenters. The highest BCUT2D eigenvalue weighted by atomic mass is 16.1. The molecule has 1 atom stereocenters. The normalized spacial score (nSPS) is 12.7. The van der Waals surface area contributed by atoms with Crippen molar-refractivity contribution in [2.75, 3.05) is 0 Å². The summed E-state index contributed by atoms with van der Waals surface area (Å²) in [4.78, 5) is 14.6. The maximum absolute atomic E-state index is 11.9. The van der Waals surface area contributed by atoms with Gasteiger partial charge in [-0.1, -0.05) is 6.92 Å². The van der Waals surface area contributed by atoms with Crippen LogP contribution in [0.15, 0.2) is 16.9 Å². The van der Waals surface area contributed by atoms with Crippen LogP contribution in [0, 0.1) is 6.92 Å². The molecule has 2 aromatic rings. The summed E-state index contributed by atoms with van der Waals surface area (Å²) in [6.45, 7) is 3.89. The molecule has 0 saturated heterocycles. The smallest absolute Gasteiger partial charge is 0.274 e. The Balaban J connectivity index is 2.47. The number of hydrogen-bond acceptors (Lipinski definition) is 4. The van der Waals surface area contributed by atoms with Crippen LogP contribution in [0.4, 0.5) is 0 Å². The van der Waals surface area contributed by atoms with Crippen molar-refractivity contribution in [1.82, 2.24) is 19.7 Å². The maximum atomic E-state index is 11.9. The quantitative estimate of drug-likeness (QED) is 0.842. The van der Waals surface area contributed by atoms with Crippen LogP contribution in [0.5, 0.6) is 0 Å². The molecule has 0 aliphatic rings. The molecule has 18 heavy (non-hydrogen) atoms. The van der Waals surface area contributed by atoms with E-state index in [1.54, 1.807) is 0 Å². The summed E-state index contributed by atoms with van der Waals surface area (Å²) in [5.74, 6) is 0.461. The lowest BCUT2D eigenvalue weighted by Crippen LogP contribution is -2.25. The number of nitrogens with two attached hydrogens (primary N) is 1. The zero-order chi connectivity index (χ0) is 13.3. The van der Waals surface area contributed by atoms with Gasteiger partial charge in [-0.15, -0.1) is 10.2 Å². The Kier molecular flexibility index (Phi) is 3.29.